The minimum atomic E-state index is 0.615. The molecule has 0 fully saturated rings. The average molecular weight is 243 g/mol. The Balaban J connectivity index is 2.59. The van der Waals surface area contributed by atoms with Gasteiger partial charge in [0.05, 0.1) is 17.3 Å². The molecule has 1 aromatic rings. The molecule has 0 aliphatic heterocycles. The normalized spacial score (nSPS) is 11.0. The molecule has 0 spiro atoms. The lowest BCUT2D eigenvalue weighted by Gasteiger charge is -2.20. The molecule has 0 unspecified atom stereocenters. The van der Waals surface area contributed by atoms with Crippen molar-refractivity contribution in [1.82, 2.24) is 4.90 Å². The second-order valence-corrected chi connectivity index (χ2v) is 4.12. The van der Waals surface area contributed by atoms with E-state index in [1.165, 1.54) is 5.56 Å². The molecule has 0 heterocycles. The van der Waals surface area contributed by atoms with Gasteiger partial charge in [-0.15, -0.1) is 0 Å². The lowest BCUT2D eigenvalue weighted by atomic mass is 10.2. The van der Waals surface area contributed by atoms with Crippen LogP contribution < -0.4 is 5.73 Å². The summed E-state index contributed by atoms with van der Waals surface area (Å²) in [6.45, 7) is 5.68. The molecule has 90 valence electrons. The second kappa shape index (κ2) is 6.74. The van der Waals surface area contributed by atoms with Crippen molar-refractivity contribution in [2.45, 2.75) is 13.5 Å². The van der Waals surface area contributed by atoms with Crippen LogP contribution in [0, 0.1) is 0 Å². The zero-order chi connectivity index (χ0) is 12.0. The smallest absolute Gasteiger partial charge is 0.0635 e. The number of rotatable bonds is 6. The van der Waals surface area contributed by atoms with Crippen LogP contribution in [0.1, 0.15) is 12.5 Å². The summed E-state index contributed by atoms with van der Waals surface area (Å²) in [7, 11) is 1.72. The number of nitrogens with zero attached hydrogens (tertiary/aromatic N) is 1. The quantitative estimate of drug-likeness (QED) is 0.779. The molecule has 2 N–H and O–H groups in total. The first-order valence-corrected chi connectivity index (χ1v) is 5.80. The minimum absolute atomic E-state index is 0.615. The van der Waals surface area contributed by atoms with Crippen molar-refractivity contribution in [2.24, 2.45) is 0 Å². The number of anilines is 1. The maximum absolute atomic E-state index is 5.88. The van der Waals surface area contributed by atoms with Gasteiger partial charge in [0.25, 0.3) is 0 Å². The van der Waals surface area contributed by atoms with Gasteiger partial charge in [0.2, 0.25) is 0 Å². The van der Waals surface area contributed by atoms with E-state index in [9.17, 15) is 0 Å². The number of benzene rings is 1. The number of hydrogen-bond acceptors (Lipinski definition) is 3. The van der Waals surface area contributed by atoms with Crippen molar-refractivity contribution in [3.63, 3.8) is 0 Å². The van der Waals surface area contributed by atoms with Crippen LogP contribution in [0.15, 0.2) is 18.2 Å². The van der Waals surface area contributed by atoms with E-state index in [0.29, 0.717) is 10.7 Å². The molecule has 0 saturated carbocycles. The Morgan fingerprint density at radius 2 is 2.19 bits per heavy atom. The topological polar surface area (TPSA) is 38.5 Å². The molecule has 1 rings (SSSR count). The van der Waals surface area contributed by atoms with Crippen LogP contribution in [0.4, 0.5) is 5.69 Å². The predicted molar refractivity (Wildman–Crippen MR) is 68.7 cm³/mol. The van der Waals surface area contributed by atoms with Crippen LogP contribution in [0.3, 0.4) is 0 Å². The fraction of sp³-hybridized carbons (Fsp3) is 0.500. The van der Waals surface area contributed by atoms with Crippen molar-refractivity contribution in [1.29, 1.82) is 0 Å². The Morgan fingerprint density at radius 3 is 2.75 bits per heavy atom. The van der Waals surface area contributed by atoms with Gasteiger partial charge in [-0.05, 0) is 24.2 Å². The van der Waals surface area contributed by atoms with Gasteiger partial charge in [0, 0.05) is 20.2 Å². The minimum Gasteiger partial charge on any atom is -0.398 e. The summed E-state index contributed by atoms with van der Waals surface area (Å²) in [5, 5.41) is 0.615. The third kappa shape index (κ3) is 4.00. The van der Waals surface area contributed by atoms with E-state index >= 15 is 0 Å². The number of nitrogen functional groups attached to an aromatic ring is 1. The lowest BCUT2D eigenvalue weighted by molar-refractivity contribution is 0.147. The van der Waals surface area contributed by atoms with Gasteiger partial charge in [0.1, 0.15) is 0 Å². The number of likely N-dealkylation sites (N-methyl/N-ethyl adjacent to an activating group) is 1. The first-order valence-electron chi connectivity index (χ1n) is 5.42. The van der Waals surface area contributed by atoms with Crippen LogP contribution in [-0.2, 0) is 11.3 Å². The Hall–Kier alpha value is -0.770. The van der Waals surface area contributed by atoms with Crippen molar-refractivity contribution in [3.05, 3.63) is 28.8 Å². The number of ether oxygens (including phenoxy) is 1. The largest absolute Gasteiger partial charge is 0.398 e. The lowest BCUT2D eigenvalue weighted by Crippen LogP contribution is -2.26. The molecular weight excluding hydrogens is 224 g/mol. The Kier molecular flexibility index (Phi) is 5.60. The van der Waals surface area contributed by atoms with E-state index in [0.717, 1.165) is 26.2 Å². The number of hydrogen-bond donors (Lipinski definition) is 1. The maximum Gasteiger partial charge on any atom is 0.0635 e. The number of halogens is 1. The highest BCUT2D eigenvalue weighted by atomic mass is 35.5. The fourth-order valence-electron chi connectivity index (χ4n) is 1.52. The Labute approximate surface area is 102 Å². The van der Waals surface area contributed by atoms with Gasteiger partial charge in [-0.3, -0.25) is 4.90 Å². The fourth-order valence-corrected chi connectivity index (χ4v) is 1.64. The molecule has 0 aromatic heterocycles. The van der Waals surface area contributed by atoms with Gasteiger partial charge < -0.3 is 10.5 Å². The van der Waals surface area contributed by atoms with E-state index in [1.54, 1.807) is 7.11 Å². The summed E-state index contributed by atoms with van der Waals surface area (Å²) in [5.74, 6) is 0. The standard InChI is InChI=1S/C12H19ClN2O/c1-3-15(6-7-16-2)9-10-4-5-11(13)12(14)8-10/h4-5,8H,3,6-7,9,14H2,1-2H3. The highest BCUT2D eigenvalue weighted by molar-refractivity contribution is 6.33. The summed E-state index contributed by atoms with van der Waals surface area (Å²) in [6.07, 6.45) is 0. The van der Waals surface area contributed by atoms with Crippen LogP contribution in [0.5, 0.6) is 0 Å². The molecule has 0 aliphatic carbocycles. The Morgan fingerprint density at radius 1 is 1.44 bits per heavy atom. The Bertz CT molecular complexity index is 331. The van der Waals surface area contributed by atoms with Gasteiger partial charge in [0.15, 0.2) is 0 Å². The monoisotopic (exact) mass is 242 g/mol. The van der Waals surface area contributed by atoms with Crippen molar-refractivity contribution in [2.75, 3.05) is 32.5 Å². The van der Waals surface area contributed by atoms with Gasteiger partial charge in [-0.2, -0.15) is 0 Å². The van der Waals surface area contributed by atoms with Gasteiger partial charge >= 0.3 is 0 Å². The first-order chi connectivity index (χ1) is 7.67. The summed E-state index contributed by atoms with van der Waals surface area (Å²) < 4.78 is 5.07. The molecule has 0 atom stereocenters. The van der Waals surface area contributed by atoms with Crippen molar-refractivity contribution < 1.29 is 4.74 Å². The molecule has 0 aliphatic rings. The molecule has 16 heavy (non-hydrogen) atoms. The van der Waals surface area contributed by atoms with Crippen molar-refractivity contribution >= 4 is 17.3 Å². The zero-order valence-corrected chi connectivity index (χ0v) is 10.6. The second-order valence-electron chi connectivity index (χ2n) is 3.72. The van der Waals surface area contributed by atoms with E-state index in [1.807, 2.05) is 18.2 Å². The van der Waals surface area contributed by atoms with Crippen LogP contribution >= 0.6 is 11.6 Å². The van der Waals surface area contributed by atoms with E-state index < -0.39 is 0 Å². The molecule has 0 bridgehead atoms. The summed E-state index contributed by atoms with van der Waals surface area (Å²) >= 11 is 5.88. The molecule has 0 amide bonds. The zero-order valence-electron chi connectivity index (χ0n) is 9.87. The summed E-state index contributed by atoms with van der Waals surface area (Å²) in [4.78, 5) is 2.30. The average Bonchev–Trinajstić information content (AvgIpc) is 2.29. The summed E-state index contributed by atoms with van der Waals surface area (Å²) in [5.41, 5.74) is 7.58. The highest BCUT2D eigenvalue weighted by Gasteiger charge is 2.04. The van der Waals surface area contributed by atoms with Crippen LogP contribution in [0.2, 0.25) is 5.02 Å². The van der Waals surface area contributed by atoms with Gasteiger partial charge in [-0.25, -0.2) is 0 Å². The molecular formula is C12H19ClN2O. The third-order valence-electron chi connectivity index (χ3n) is 2.53. The van der Waals surface area contributed by atoms with E-state index in [-0.39, 0.29) is 0 Å². The highest BCUT2D eigenvalue weighted by Crippen LogP contribution is 2.20. The number of nitrogens with two attached hydrogens (primary N) is 1. The first kappa shape index (κ1) is 13.3. The van der Waals surface area contributed by atoms with Crippen LogP contribution in [-0.4, -0.2) is 31.7 Å². The van der Waals surface area contributed by atoms with E-state index in [4.69, 9.17) is 22.1 Å². The molecule has 0 radical (unpaired) electrons. The molecule has 1 aromatic carbocycles. The predicted octanol–water partition coefficient (Wildman–Crippen LogP) is 2.39. The molecule has 0 saturated heterocycles. The SMILES string of the molecule is CCN(CCOC)Cc1ccc(Cl)c(N)c1. The maximum atomic E-state index is 5.88. The van der Waals surface area contributed by atoms with Gasteiger partial charge in [-0.1, -0.05) is 24.6 Å². The summed E-state index contributed by atoms with van der Waals surface area (Å²) in [6, 6.07) is 5.78. The van der Waals surface area contributed by atoms with Crippen molar-refractivity contribution in [3.8, 4) is 0 Å². The van der Waals surface area contributed by atoms with E-state index in [2.05, 4.69) is 11.8 Å². The number of methoxy groups -OCH3 is 1. The third-order valence-corrected chi connectivity index (χ3v) is 2.87. The molecule has 3 nitrogen and oxygen atoms in total. The van der Waals surface area contributed by atoms with Crippen LogP contribution in [0.25, 0.3) is 0 Å². The molecule has 4 heteroatoms.